The molecular formula is C14H12O3S. The van der Waals surface area contributed by atoms with E-state index in [2.05, 4.69) is 0 Å². The highest BCUT2D eigenvalue weighted by Crippen LogP contribution is 2.34. The molecule has 0 unspecified atom stereocenters. The first kappa shape index (κ1) is 12.5. The smallest absolute Gasteiger partial charge is 0.224 e. The largest absolute Gasteiger partial charge is 0.503 e. The average molecular weight is 260 g/mol. The molecule has 0 radical (unpaired) electrons. The second-order valence-corrected chi connectivity index (χ2v) is 4.74. The minimum Gasteiger partial charge on any atom is -0.503 e. The summed E-state index contributed by atoms with van der Waals surface area (Å²) >= 11 is 1.37. The average Bonchev–Trinajstić information content (AvgIpc) is 2.52. The Morgan fingerprint density at radius 2 is 1.61 bits per heavy atom. The van der Waals surface area contributed by atoms with Gasteiger partial charge in [-0.2, -0.15) is 0 Å². The van der Waals surface area contributed by atoms with Gasteiger partial charge in [0, 0.05) is 5.75 Å². The highest BCUT2D eigenvalue weighted by molar-refractivity contribution is 7.98. The van der Waals surface area contributed by atoms with E-state index in [-0.39, 0.29) is 5.75 Å². The molecule has 0 fully saturated rings. The third-order valence-corrected chi connectivity index (χ3v) is 3.54. The van der Waals surface area contributed by atoms with Gasteiger partial charge in [-0.3, -0.25) is 4.79 Å². The number of thioether (sulfide) groups is 1. The Bertz CT molecular complexity index is 597. The zero-order valence-corrected chi connectivity index (χ0v) is 10.4. The molecule has 18 heavy (non-hydrogen) atoms. The zero-order chi connectivity index (χ0) is 13.0. The molecule has 4 heteroatoms. The van der Waals surface area contributed by atoms with Crippen molar-refractivity contribution in [3.8, 4) is 11.5 Å². The standard InChI is InChI=1S/C14H12O3S/c15-11-7-4-8-12(14(17)13(11)16)18-9-10-5-2-1-3-6-10/h1-8H,9H2,(H2,15,16,17). The Morgan fingerprint density at radius 1 is 0.889 bits per heavy atom. The van der Waals surface area contributed by atoms with Crippen molar-refractivity contribution in [2.45, 2.75) is 10.6 Å². The Hall–Kier alpha value is -1.94. The van der Waals surface area contributed by atoms with Gasteiger partial charge in [-0.15, -0.1) is 11.8 Å². The summed E-state index contributed by atoms with van der Waals surface area (Å²) in [5, 5.41) is 19.2. The van der Waals surface area contributed by atoms with E-state index in [1.54, 1.807) is 6.07 Å². The molecule has 0 heterocycles. The molecule has 0 saturated carbocycles. The predicted octanol–water partition coefficient (Wildman–Crippen LogP) is 2.75. The molecule has 2 aromatic rings. The maximum atomic E-state index is 11.2. The Balaban J connectivity index is 2.24. The topological polar surface area (TPSA) is 57.5 Å². The van der Waals surface area contributed by atoms with Gasteiger partial charge in [0.25, 0.3) is 0 Å². The zero-order valence-electron chi connectivity index (χ0n) is 9.54. The van der Waals surface area contributed by atoms with Gasteiger partial charge >= 0.3 is 0 Å². The van der Waals surface area contributed by atoms with Crippen molar-refractivity contribution < 1.29 is 10.2 Å². The monoisotopic (exact) mass is 260 g/mol. The molecule has 2 N–H and O–H groups in total. The van der Waals surface area contributed by atoms with E-state index in [9.17, 15) is 15.0 Å². The first-order valence-corrected chi connectivity index (χ1v) is 6.39. The number of aromatic hydroxyl groups is 2. The maximum absolute atomic E-state index is 11.2. The second-order valence-electron chi connectivity index (χ2n) is 3.73. The van der Waals surface area contributed by atoms with Crippen molar-refractivity contribution in [3.63, 3.8) is 0 Å². The quantitative estimate of drug-likeness (QED) is 0.833. The van der Waals surface area contributed by atoms with Crippen LogP contribution in [0.4, 0.5) is 0 Å². The van der Waals surface area contributed by atoms with Gasteiger partial charge in [0.2, 0.25) is 11.2 Å². The third kappa shape index (κ3) is 2.84. The van der Waals surface area contributed by atoms with E-state index in [4.69, 9.17) is 0 Å². The molecule has 0 aliphatic heterocycles. The fourth-order valence-electron chi connectivity index (χ4n) is 1.47. The normalized spacial score (nSPS) is 10.2. The molecule has 0 aliphatic carbocycles. The molecule has 0 aliphatic rings. The van der Waals surface area contributed by atoms with Gasteiger partial charge in [-0.1, -0.05) is 36.4 Å². The molecule has 0 bridgehead atoms. The second kappa shape index (κ2) is 5.60. The predicted molar refractivity (Wildman–Crippen MR) is 72.0 cm³/mol. The summed E-state index contributed by atoms with van der Waals surface area (Å²) in [6.45, 7) is 0. The van der Waals surface area contributed by atoms with E-state index in [1.807, 2.05) is 30.3 Å². The van der Waals surface area contributed by atoms with Gasteiger partial charge < -0.3 is 10.2 Å². The van der Waals surface area contributed by atoms with Crippen LogP contribution in [-0.2, 0) is 5.75 Å². The Labute approximate surface area is 109 Å². The summed E-state index contributed by atoms with van der Waals surface area (Å²) in [4.78, 5) is 11.7. The van der Waals surface area contributed by atoms with Gasteiger partial charge in [-0.05, 0) is 17.7 Å². The van der Waals surface area contributed by atoms with Gasteiger partial charge in [-0.25, -0.2) is 0 Å². The lowest BCUT2D eigenvalue weighted by Gasteiger charge is -2.02. The minimum absolute atomic E-state index is 0.356. The SMILES string of the molecule is O=c1cccc(SCc2ccccc2)c(O)c1O. The Kier molecular flexibility index (Phi) is 3.89. The van der Waals surface area contributed by atoms with Crippen LogP contribution >= 0.6 is 11.8 Å². The van der Waals surface area contributed by atoms with E-state index in [1.165, 1.54) is 23.9 Å². The number of rotatable bonds is 3. The van der Waals surface area contributed by atoms with E-state index in [0.29, 0.717) is 10.6 Å². The molecule has 0 aromatic heterocycles. The van der Waals surface area contributed by atoms with Crippen molar-refractivity contribution >= 4 is 11.8 Å². The maximum Gasteiger partial charge on any atom is 0.224 e. The highest BCUT2D eigenvalue weighted by atomic mass is 32.2. The lowest BCUT2D eigenvalue weighted by atomic mass is 10.2. The molecule has 0 saturated heterocycles. The van der Waals surface area contributed by atoms with Crippen LogP contribution < -0.4 is 5.43 Å². The van der Waals surface area contributed by atoms with Crippen LogP contribution in [0.15, 0.2) is 58.2 Å². The fourth-order valence-corrected chi connectivity index (χ4v) is 2.39. The van der Waals surface area contributed by atoms with Crippen molar-refractivity contribution in [1.82, 2.24) is 0 Å². The van der Waals surface area contributed by atoms with Crippen LogP contribution in [0.2, 0.25) is 0 Å². The van der Waals surface area contributed by atoms with Crippen molar-refractivity contribution in [3.05, 3.63) is 64.3 Å². The Morgan fingerprint density at radius 3 is 2.33 bits per heavy atom. The summed E-state index contributed by atoms with van der Waals surface area (Å²) in [5.74, 6) is -0.298. The minimum atomic E-state index is -0.601. The molecule has 92 valence electrons. The van der Waals surface area contributed by atoms with E-state index < -0.39 is 11.2 Å². The summed E-state index contributed by atoms with van der Waals surface area (Å²) in [7, 11) is 0. The summed E-state index contributed by atoms with van der Waals surface area (Å²) in [5.41, 5.74) is 0.523. The molecule has 0 spiro atoms. The molecule has 2 aromatic carbocycles. The van der Waals surface area contributed by atoms with Crippen molar-refractivity contribution in [2.75, 3.05) is 0 Å². The number of hydrogen-bond donors (Lipinski definition) is 2. The van der Waals surface area contributed by atoms with Gasteiger partial charge in [0.1, 0.15) is 0 Å². The molecule has 3 nitrogen and oxygen atoms in total. The van der Waals surface area contributed by atoms with Crippen LogP contribution in [0, 0.1) is 0 Å². The molecule has 2 rings (SSSR count). The molecule has 0 amide bonds. The number of benzene rings is 1. The first-order valence-electron chi connectivity index (χ1n) is 5.40. The first-order chi connectivity index (χ1) is 8.68. The van der Waals surface area contributed by atoms with E-state index >= 15 is 0 Å². The van der Waals surface area contributed by atoms with Crippen LogP contribution in [0.25, 0.3) is 0 Å². The lowest BCUT2D eigenvalue weighted by molar-refractivity contribution is 0.394. The fraction of sp³-hybridized carbons (Fsp3) is 0.0714. The molecule has 0 atom stereocenters. The number of hydrogen-bond acceptors (Lipinski definition) is 4. The van der Waals surface area contributed by atoms with Crippen molar-refractivity contribution in [1.29, 1.82) is 0 Å². The molecular weight excluding hydrogens is 248 g/mol. The van der Waals surface area contributed by atoms with E-state index in [0.717, 1.165) is 5.56 Å². The summed E-state index contributed by atoms with van der Waals surface area (Å²) < 4.78 is 0. The van der Waals surface area contributed by atoms with Crippen LogP contribution in [-0.4, -0.2) is 10.2 Å². The summed E-state index contributed by atoms with van der Waals surface area (Å²) in [6.07, 6.45) is 0. The third-order valence-electron chi connectivity index (χ3n) is 2.42. The van der Waals surface area contributed by atoms with Crippen molar-refractivity contribution in [2.24, 2.45) is 0 Å². The highest BCUT2D eigenvalue weighted by Gasteiger charge is 2.08. The van der Waals surface area contributed by atoms with Gasteiger partial charge in [0.05, 0.1) is 4.90 Å². The lowest BCUT2D eigenvalue weighted by Crippen LogP contribution is -1.92. The van der Waals surface area contributed by atoms with Crippen LogP contribution in [0.3, 0.4) is 0 Å². The summed E-state index contributed by atoms with van der Waals surface area (Å²) in [6, 6.07) is 14.1. The van der Waals surface area contributed by atoms with Crippen LogP contribution in [0.1, 0.15) is 5.56 Å². The van der Waals surface area contributed by atoms with Gasteiger partial charge in [0.15, 0.2) is 5.75 Å². The van der Waals surface area contributed by atoms with Crippen LogP contribution in [0.5, 0.6) is 11.5 Å².